The van der Waals surface area contributed by atoms with Crippen LogP contribution >= 0.6 is 0 Å². The van der Waals surface area contributed by atoms with Crippen LogP contribution in [-0.4, -0.2) is 22.8 Å². The van der Waals surface area contributed by atoms with Crippen molar-refractivity contribution in [3.05, 3.63) is 29.5 Å². The van der Waals surface area contributed by atoms with Gasteiger partial charge < -0.3 is 14.4 Å². The van der Waals surface area contributed by atoms with Crippen molar-refractivity contribution in [2.75, 3.05) is 7.11 Å². The quantitative estimate of drug-likeness (QED) is 0.903. The topological polar surface area (TPSA) is 51.5 Å². The van der Waals surface area contributed by atoms with E-state index in [9.17, 15) is 9.90 Å². The van der Waals surface area contributed by atoms with Crippen molar-refractivity contribution in [2.24, 2.45) is 0 Å². The zero-order chi connectivity index (χ0) is 13.3. The molecule has 96 valence electrons. The normalized spacial score (nSPS) is 10.8. The number of fused-ring (bicyclic) bond motifs is 1. The largest absolute Gasteiger partial charge is 0.497 e. The summed E-state index contributed by atoms with van der Waals surface area (Å²) in [5.74, 6) is -0.209. The molecule has 0 amide bonds. The molecule has 0 atom stereocenters. The molecule has 0 saturated carbocycles. The highest BCUT2D eigenvalue weighted by molar-refractivity contribution is 6.05. The van der Waals surface area contributed by atoms with E-state index in [1.54, 1.807) is 13.2 Å². The van der Waals surface area contributed by atoms with Crippen molar-refractivity contribution < 1.29 is 14.6 Å². The lowest BCUT2D eigenvalue weighted by Crippen LogP contribution is -2.02. The summed E-state index contributed by atoms with van der Waals surface area (Å²) in [4.78, 5) is 11.4. The van der Waals surface area contributed by atoms with E-state index in [1.165, 1.54) is 0 Å². The van der Waals surface area contributed by atoms with E-state index < -0.39 is 5.97 Å². The van der Waals surface area contributed by atoms with Gasteiger partial charge in [-0.2, -0.15) is 0 Å². The number of aromatic nitrogens is 1. The molecule has 2 aromatic rings. The first-order valence-corrected chi connectivity index (χ1v) is 6.00. The predicted molar refractivity (Wildman–Crippen MR) is 70.5 cm³/mol. The molecule has 0 aliphatic heterocycles. The lowest BCUT2D eigenvalue weighted by Gasteiger charge is -2.06. The van der Waals surface area contributed by atoms with E-state index in [0.717, 1.165) is 29.6 Å². The number of carboxylic acids is 1. The third-order valence-electron chi connectivity index (χ3n) is 3.19. The predicted octanol–water partition coefficient (Wildman–Crippen LogP) is 3.07. The molecule has 18 heavy (non-hydrogen) atoms. The van der Waals surface area contributed by atoms with Gasteiger partial charge in [0.1, 0.15) is 5.75 Å². The lowest BCUT2D eigenvalue weighted by molar-refractivity contribution is 0.0698. The molecule has 1 heterocycles. The van der Waals surface area contributed by atoms with Gasteiger partial charge in [0, 0.05) is 23.1 Å². The summed E-state index contributed by atoms with van der Waals surface area (Å²) in [5.41, 5.74) is 2.12. The van der Waals surface area contributed by atoms with Crippen LogP contribution in [0.5, 0.6) is 5.75 Å². The minimum atomic E-state index is -0.888. The summed E-state index contributed by atoms with van der Waals surface area (Å²) >= 11 is 0. The van der Waals surface area contributed by atoms with Gasteiger partial charge in [0.15, 0.2) is 0 Å². The highest BCUT2D eigenvalue weighted by atomic mass is 16.5. The van der Waals surface area contributed by atoms with Gasteiger partial charge in [-0.15, -0.1) is 0 Å². The van der Waals surface area contributed by atoms with Gasteiger partial charge in [-0.3, -0.25) is 0 Å². The van der Waals surface area contributed by atoms with Crippen molar-refractivity contribution in [1.82, 2.24) is 4.57 Å². The molecular formula is C14H17NO3. The third-order valence-corrected chi connectivity index (χ3v) is 3.19. The Bertz CT molecular complexity index is 599. The average molecular weight is 247 g/mol. The zero-order valence-corrected chi connectivity index (χ0v) is 10.9. The highest BCUT2D eigenvalue weighted by Gasteiger charge is 2.19. The summed E-state index contributed by atoms with van der Waals surface area (Å²) in [7, 11) is 1.58. The third kappa shape index (κ3) is 1.83. The maximum absolute atomic E-state index is 11.4. The fraction of sp³-hybridized carbons (Fsp3) is 0.357. The number of ether oxygens (including phenoxy) is 1. The van der Waals surface area contributed by atoms with Crippen molar-refractivity contribution in [1.29, 1.82) is 0 Å². The van der Waals surface area contributed by atoms with Crippen LogP contribution in [0, 0.1) is 6.92 Å². The van der Waals surface area contributed by atoms with Crippen LogP contribution in [0.4, 0.5) is 0 Å². The van der Waals surface area contributed by atoms with Gasteiger partial charge in [-0.25, -0.2) is 4.79 Å². The van der Waals surface area contributed by atoms with Crippen LogP contribution in [0.2, 0.25) is 0 Å². The van der Waals surface area contributed by atoms with E-state index >= 15 is 0 Å². The first-order valence-electron chi connectivity index (χ1n) is 6.00. The Morgan fingerprint density at radius 2 is 2.17 bits per heavy atom. The molecule has 4 heteroatoms. The van der Waals surface area contributed by atoms with Crippen LogP contribution in [0.3, 0.4) is 0 Å². The maximum atomic E-state index is 11.4. The van der Waals surface area contributed by atoms with Crippen molar-refractivity contribution in [2.45, 2.75) is 26.8 Å². The maximum Gasteiger partial charge on any atom is 0.338 e. The first kappa shape index (κ1) is 12.5. The summed E-state index contributed by atoms with van der Waals surface area (Å²) < 4.78 is 7.22. The number of methoxy groups -OCH3 is 1. The lowest BCUT2D eigenvalue weighted by atomic mass is 10.1. The molecule has 0 radical (unpaired) electrons. The molecule has 0 aliphatic carbocycles. The number of hydrogen-bond acceptors (Lipinski definition) is 2. The molecule has 0 fully saturated rings. The molecule has 2 rings (SSSR count). The van der Waals surface area contributed by atoms with Crippen LogP contribution in [0.25, 0.3) is 10.9 Å². The van der Waals surface area contributed by atoms with Crippen LogP contribution in [0.15, 0.2) is 18.2 Å². The number of hydrogen-bond donors (Lipinski definition) is 1. The Balaban J connectivity index is 2.79. The Morgan fingerprint density at radius 3 is 2.72 bits per heavy atom. The minimum Gasteiger partial charge on any atom is -0.497 e. The smallest absolute Gasteiger partial charge is 0.338 e. The van der Waals surface area contributed by atoms with E-state index in [0.29, 0.717) is 11.3 Å². The van der Waals surface area contributed by atoms with Gasteiger partial charge in [-0.1, -0.05) is 6.92 Å². The number of rotatable bonds is 4. The summed E-state index contributed by atoms with van der Waals surface area (Å²) in [5, 5.41) is 10.1. The molecule has 1 aromatic carbocycles. The number of benzene rings is 1. The first-order chi connectivity index (χ1) is 8.60. The molecule has 0 aliphatic rings. The van der Waals surface area contributed by atoms with E-state index in [4.69, 9.17) is 4.74 Å². The van der Waals surface area contributed by atoms with Gasteiger partial charge >= 0.3 is 5.97 Å². The molecule has 1 aromatic heterocycles. The Hall–Kier alpha value is -1.97. The second-order valence-corrected chi connectivity index (χ2v) is 4.30. The number of carbonyl (C=O) groups is 1. The number of nitrogens with zero attached hydrogens (tertiary/aromatic N) is 1. The molecule has 4 nitrogen and oxygen atoms in total. The molecule has 0 spiro atoms. The minimum absolute atomic E-state index is 0.373. The Labute approximate surface area is 106 Å². The Morgan fingerprint density at radius 1 is 1.44 bits per heavy atom. The summed E-state index contributed by atoms with van der Waals surface area (Å²) in [6.07, 6.45) is 0.968. The SMILES string of the molecule is CCCn1c(C)c(C(=O)O)c2cc(OC)ccc21. The Kier molecular flexibility index (Phi) is 3.28. The second kappa shape index (κ2) is 4.72. The van der Waals surface area contributed by atoms with E-state index in [2.05, 4.69) is 11.5 Å². The summed E-state index contributed by atoms with van der Waals surface area (Å²) in [6, 6.07) is 5.57. The zero-order valence-electron chi connectivity index (χ0n) is 10.9. The number of aromatic carboxylic acids is 1. The monoisotopic (exact) mass is 247 g/mol. The highest BCUT2D eigenvalue weighted by Crippen LogP contribution is 2.29. The summed E-state index contributed by atoms with van der Waals surface area (Å²) in [6.45, 7) is 4.75. The fourth-order valence-electron chi connectivity index (χ4n) is 2.37. The van der Waals surface area contributed by atoms with Crippen LogP contribution in [-0.2, 0) is 6.54 Å². The molecule has 1 N–H and O–H groups in total. The van der Waals surface area contributed by atoms with Crippen LogP contribution < -0.4 is 4.74 Å². The van der Waals surface area contributed by atoms with E-state index in [1.807, 2.05) is 19.1 Å². The van der Waals surface area contributed by atoms with Gasteiger partial charge in [0.25, 0.3) is 0 Å². The van der Waals surface area contributed by atoms with Crippen molar-refractivity contribution >= 4 is 16.9 Å². The van der Waals surface area contributed by atoms with Crippen molar-refractivity contribution in [3.63, 3.8) is 0 Å². The molecule has 0 bridgehead atoms. The van der Waals surface area contributed by atoms with Gasteiger partial charge in [0.2, 0.25) is 0 Å². The number of aryl methyl sites for hydroxylation is 1. The van der Waals surface area contributed by atoms with E-state index in [-0.39, 0.29) is 0 Å². The molecule has 0 saturated heterocycles. The van der Waals surface area contributed by atoms with Crippen molar-refractivity contribution in [3.8, 4) is 5.75 Å². The second-order valence-electron chi connectivity index (χ2n) is 4.30. The standard InChI is InChI=1S/C14H17NO3/c1-4-7-15-9(2)13(14(16)17)11-8-10(18-3)5-6-12(11)15/h5-6,8H,4,7H2,1-3H3,(H,16,17). The molecular weight excluding hydrogens is 230 g/mol. The van der Waals surface area contributed by atoms with Crippen LogP contribution in [0.1, 0.15) is 29.4 Å². The number of carboxylic acid groups (broad SMARTS) is 1. The van der Waals surface area contributed by atoms with Gasteiger partial charge in [-0.05, 0) is 31.5 Å². The fourth-order valence-corrected chi connectivity index (χ4v) is 2.37. The molecule has 0 unspecified atom stereocenters. The van der Waals surface area contributed by atoms with Gasteiger partial charge in [0.05, 0.1) is 12.7 Å². The average Bonchev–Trinajstić information content (AvgIpc) is 2.62.